The van der Waals surface area contributed by atoms with Crippen LogP contribution in [-0.4, -0.2) is 13.1 Å². The molecule has 0 heterocycles. The van der Waals surface area contributed by atoms with Gasteiger partial charge in [0.15, 0.2) is 0 Å². The molecule has 0 fully saturated rings. The van der Waals surface area contributed by atoms with E-state index in [1.165, 1.54) is 206 Å². The zero-order valence-electron chi connectivity index (χ0n) is 27.2. The Balaban J connectivity index is 0. The van der Waals surface area contributed by atoms with Crippen LogP contribution in [0.2, 0.25) is 0 Å². The lowest BCUT2D eigenvalue weighted by Gasteiger charge is -2.05. The normalized spacial score (nSPS) is 11.4. The van der Waals surface area contributed by atoms with Crippen molar-refractivity contribution in [3.05, 3.63) is 0 Å². The fourth-order valence-corrected chi connectivity index (χ4v) is 5.77. The molecule has 0 aromatic rings. The summed E-state index contributed by atoms with van der Waals surface area (Å²) in [5.74, 6) is 0.895. The van der Waals surface area contributed by atoms with Gasteiger partial charge in [0.2, 0.25) is 0 Å². The maximum Gasteiger partial charge on any atom is 0.0755 e. The lowest BCUT2D eigenvalue weighted by atomic mass is 10.0. The van der Waals surface area contributed by atoms with Crippen LogP contribution >= 0.6 is 0 Å². The zero-order valence-corrected chi connectivity index (χ0v) is 27.9. The van der Waals surface area contributed by atoms with Gasteiger partial charge in [0, 0.05) is 0 Å². The summed E-state index contributed by atoms with van der Waals surface area (Å²) in [6.07, 6.45) is 44.1. The maximum absolute atomic E-state index is 2.59. The molecule has 232 valence electrons. The first-order chi connectivity index (χ1) is 18.3. The maximum atomic E-state index is 2.59. The molecule has 0 aliphatic heterocycles. The summed E-state index contributed by atoms with van der Waals surface area (Å²) in [5, 5.41) is 2.59. The highest BCUT2D eigenvalue weighted by atomic mass is 35.5. The standard InChI is InChI=1S/C36H75N.ClH/c1-4-5-6-7-8-9-10-11-16-19-22-25-28-31-34-37-35-32-29-26-23-20-17-14-12-13-15-18-21-24-27-30-33-36(2)3;/h36-37H,4-35H2,1-3H3;1H. The van der Waals surface area contributed by atoms with E-state index in [0.29, 0.717) is 0 Å². The van der Waals surface area contributed by atoms with E-state index in [1.54, 1.807) is 0 Å². The minimum Gasteiger partial charge on any atom is -1.00 e. The number of rotatable bonds is 33. The molecule has 0 spiro atoms. The Bertz CT molecular complexity index is 384. The predicted molar refractivity (Wildman–Crippen MR) is 171 cm³/mol. The summed E-state index contributed by atoms with van der Waals surface area (Å²) in [5.41, 5.74) is 0. The predicted octanol–water partition coefficient (Wildman–Crippen LogP) is 8.93. The lowest BCUT2D eigenvalue weighted by molar-refractivity contribution is -0.655. The van der Waals surface area contributed by atoms with Crippen LogP contribution in [0.5, 0.6) is 0 Å². The van der Waals surface area contributed by atoms with E-state index in [9.17, 15) is 0 Å². The van der Waals surface area contributed by atoms with Gasteiger partial charge in [-0.25, -0.2) is 0 Å². The van der Waals surface area contributed by atoms with E-state index in [2.05, 4.69) is 26.1 Å². The molecule has 2 heteroatoms. The second kappa shape index (κ2) is 37.2. The van der Waals surface area contributed by atoms with E-state index in [4.69, 9.17) is 0 Å². The van der Waals surface area contributed by atoms with Crippen molar-refractivity contribution in [2.24, 2.45) is 5.92 Å². The van der Waals surface area contributed by atoms with Crippen molar-refractivity contribution in [2.45, 2.75) is 213 Å². The van der Waals surface area contributed by atoms with Gasteiger partial charge in [-0.2, -0.15) is 0 Å². The van der Waals surface area contributed by atoms with Gasteiger partial charge in [0.25, 0.3) is 0 Å². The third kappa shape index (κ3) is 38.4. The Kier molecular flexibility index (Phi) is 39.6. The van der Waals surface area contributed by atoms with Crippen LogP contribution in [0.1, 0.15) is 213 Å². The van der Waals surface area contributed by atoms with Gasteiger partial charge in [0.1, 0.15) is 0 Å². The Hall–Kier alpha value is 0.250. The second-order valence-electron chi connectivity index (χ2n) is 12.9. The molecule has 0 atom stereocenters. The van der Waals surface area contributed by atoms with Crippen molar-refractivity contribution in [1.29, 1.82) is 0 Å². The molecule has 38 heavy (non-hydrogen) atoms. The first-order valence-corrected chi connectivity index (χ1v) is 18.1. The van der Waals surface area contributed by atoms with Gasteiger partial charge >= 0.3 is 0 Å². The largest absolute Gasteiger partial charge is 1.00 e. The van der Waals surface area contributed by atoms with Crippen molar-refractivity contribution in [3.63, 3.8) is 0 Å². The lowest BCUT2D eigenvalue weighted by Crippen LogP contribution is -3.00. The number of quaternary nitrogens is 1. The summed E-state index contributed by atoms with van der Waals surface area (Å²) >= 11 is 0. The summed E-state index contributed by atoms with van der Waals surface area (Å²) < 4.78 is 0. The fourth-order valence-electron chi connectivity index (χ4n) is 5.77. The van der Waals surface area contributed by atoms with E-state index in [-0.39, 0.29) is 12.4 Å². The average molecular weight is 558 g/mol. The summed E-state index contributed by atoms with van der Waals surface area (Å²) in [6, 6.07) is 0. The minimum absolute atomic E-state index is 0. The van der Waals surface area contributed by atoms with Gasteiger partial charge in [-0.1, -0.05) is 188 Å². The van der Waals surface area contributed by atoms with E-state index in [0.717, 1.165) is 5.92 Å². The highest BCUT2D eigenvalue weighted by molar-refractivity contribution is 4.52. The molecule has 0 rings (SSSR count). The number of hydrogen-bond donors (Lipinski definition) is 1. The zero-order chi connectivity index (χ0) is 26.9. The van der Waals surface area contributed by atoms with Gasteiger partial charge in [0.05, 0.1) is 13.1 Å². The third-order valence-electron chi connectivity index (χ3n) is 8.45. The van der Waals surface area contributed by atoms with E-state index in [1.807, 2.05) is 0 Å². The SMILES string of the molecule is CCCCCCCCCCCCCCCC[NH2+]CCCCCCCCCCCCCCCCCC(C)C.[Cl-]. The molecule has 0 radical (unpaired) electrons. The van der Waals surface area contributed by atoms with Crippen LogP contribution in [0.3, 0.4) is 0 Å². The average Bonchev–Trinajstić information content (AvgIpc) is 2.89. The smallest absolute Gasteiger partial charge is 0.0755 e. The summed E-state index contributed by atoms with van der Waals surface area (Å²) in [6.45, 7) is 9.75. The van der Waals surface area contributed by atoms with Crippen LogP contribution in [0.15, 0.2) is 0 Å². The van der Waals surface area contributed by atoms with E-state index < -0.39 is 0 Å². The molecule has 2 N–H and O–H groups in total. The molecule has 0 amide bonds. The topological polar surface area (TPSA) is 16.6 Å². The van der Waals surface area contributed by atoms with Crippen molar-refractivity contribution < 1.29 is 17.7 Å². The van der Waals surface area contributed by atoms with Crippen LogP contribution in [-0.2, 0) is 0 Å². The molecule has 0 saturated heterocycles. The van der Waals surface area contributed by atoms with Gasteiger partial charge in [-0.15, -0.1) is 0 Å². The number of hydrogen-bond acceptors (Lipinski definition) is 0. The Morgan fingerprint density at radius 3 is 0.842 bits per heavy atom. The Labute approximate surface area is 249 Å². The first kappa shape index (κ1) is 40.4. The molecule has 0 unspecified atom stereocenters. The molecule has 0 bridgehead atoms. The molecule has 0 aromatic carbocycles. The Morgan fingerprint density at radius 1 is 0.342 bits per heavy atom. The summed E-state index contributed by atoms with van der Waals surface area (Å²) in [4.78, 5) is 0. The Morgan fingerprint density at radius 2 is 0.579 bits per heavy atom. The molecule has 0 aliphatic rings. The van der Waals surface area contributed by atoms with Crippen LogP contribution in [0.4, 0.5) is 0 Å². The van der Waals surface area contributed by atoms with Gasteiger partial charge in [-0.3, -0.25) is 0 Å². The fraction of sp³-hybridized carbons (Fsp3) is 1.00. The van der Waals surface area contributed by atoms with Crippen LogP contribution in [0.25, 0.3) is 0 Å². The van der Waals surface area contributed by atoms with Crippen LogP contribution < -0.4 is 17.7 Å². The highest BCUT2D eigenvalue weighted by Crippen LogP contribution is 2.15. The molecular formula is C36H76ClN. The van der Waals surface area contributed by atoms with Crippen molar-refractivity contribution in [2.75, 3.05) is 13.1 Å². The molecule has 0 saturated carbocycles. The van der Waals surface area contributed by atoms with Crippen molar-refractivity contribution >= 4 is 0 Å². The molecule has 0 aliphatic carbocycles. The highest BCUT2D eigenvalue weighted by Gasteiger charge is 1.98. The number of nitrogens with two attached hydrogens (primary N) is 1. The van der Waals surface area contributed by atoms with Crippen LogP contribution in [0, 0.1) is 5.92 Å². The minimum atomic E-state index is 0. The summed E-state index contributed by atoms with van der Waals surface area (Å²) in [7, 11) is 0. The van der Waals surface area contributed by atoms with E-state index >= 15 is 0 Å². The number of halogens is 1. The molecule has 0 aromatic heterocycles. The monoisotopic (exact) mass is 558 g/mol. The quantitative estimate of drug-likeness (QED) is 0.0775. The number of unbranched alkanes of at least 4 members (excludes halogenated alkanes) is 27. The van der Waals surface area contributed by atoms with Crippen molar-refractivity contribution in [1.82, 2.24) is 0 Å². The first-order valence-electron chi connectivity index (χ1n) is 18.1. The second-order valence-corrected chi connectivity index (χ2v) is 12.9. The van der Waals surface area contributed by atoms with Gasteiger partial charge in [-0.05, 0) is 31.6 Å². The van der Waals surface area contributed by atoms with Gasteiger partial charge < -0.3 is 17.7 Å². The molecular weight excluding hydrogens is 482 g/mol. The third-order valence-corrected chi connectivity index (χ3v) is 8.45. The van der Waals surface area contributed by atoms with Crippen molar-refractivity contribution in [3.8, 4) is 0 Å². The molecule has 1 nitrogen and oxygen atoms in total.